The molecule has 2 N–H and O–H groups in total. The number of anilines is 1. The van der Waals surface area contributed by atoms with Crippen LogP contribution >= 0.6 is 0 Å². The fraction of sp³-hybridized carbons (Fsp3) is 0.529. The number of amides is 1. The zero-order valence-corrected chi connectivity index (χ0v) is 13.5. The first kappa shape index (κ1) is 17.1. The molecule has 23 heavy (non-hydrogen) atoms. The summed E-state index contributed by atoms with van der Waals surface area (Å²) in [6.45, 7) is 2.43. The predicted molar refractivity (Wildman–Crippen MR) is 85.9 cm³/mol. The van der Waals surface area contributed by atoms with Gasteiger partial charge in [-0.1, -0.05) is 0 Å². The maximum absolute atomic E-state index is 12.3. The Bertz CT molecular complexity index is 564. The molecule has 0 aliphatic heterocycles. The average Bonchev–Trinajstić information content (AvgIpc) is 2.56. The third-order valence-electron chi connectivity index (χ3n) is 4.18. The van der Waals surface area contributed by atoms with Gasteiger partial charge in [0.15, 0.2) is 11.5 Å². The van der Waals surface area contributed by atoms with Gasteiger partial charge in [-0.05, 0) is 44.7 Å². The van der Waals surface area contributed by atoms with E-state index in [1.807, 2.05) is 6.92 Å². The summed E-state index contributed by atoms with van der Waals surface area (Å²) >= 11 is 0. The highest BCUT2D eigenvalue weighted by molar-refractivity contribution is 5.93. The van der Waals surface area contributed by atoms with Crippen LogP contribution in [0.5, 0.6) is 11.5 Å². The minimum absolute atomic E-state index is 0.0694. The molecule has 1 amide bonds. The molecule has 0 bridgehead atoms. The van der Waals surface area contributed by atoms with Crippen molar-refractivity contribution >= 4 is 17.6 Å². The van der Waals surface area contributed by atoms with Crippen molar-refractivity contribution in [1.82, 2.24) is 0 Å². The first-order valence-corrected chi connectivity index (χ1v) is 7.89. The van der Waals surface area contributed by atoms with Gasteiger partial charge in [0.25, 0.3) is 0 Å². The molecular weight excluding hydrogens is 298 g/mol. The Kier molecular flexibility index (Phi) is 5.84. The van der Waals surface area contributed by atoms with Gasteiger partial charge in [0.2, 0.25) is 5.91 Å². The Morgan fingerprint density at radius 2 is 1.83 bits per heavy atom. The Hall–Kier alpha value is -2.24. The smallest absolute Gasteiger partial charge is 0.306 e. The lowest BCUT2D eigenvalue weighted by Crippen LogP contribution is -2.29. The standard InChI is InChI=1S/C17H23NO5/c1-3-23-14-9-8-13(10-15(14)22-2)18-16(19)11-4-6-12(7-5-11)17(20)21/h8-12H,3-7H2,1-2H3,(H,18,19)(H,20,21). The van der Waals surface area contributed by atoms with Crippen LogP contribution in [0.2, 0.25) is 0 Å². The van der Waals surface area contributed by atoms with Crippen molar-refractivity contribution in [2.24, 2.45) is 11.8 Å². The maximum Gasteiger partial charge on any atom is 0.306 e. The minimum Gasteiger partial charge on any atom is -0.493 e. The van der Waals surface area contributed by atoms with Crippen LogP contribution in [0.15, 0.2) is 18.2 Å². The summed E-state index contributed by atoms with van der Waals surface area (Å²) in [6, 6.07) is 5.26. The highest BCUT2D eigenvalue weighted by Crippen LogP contribution is 2.32. The Morgan fingerprint density at radius 1 is 1.17 bits per heavy atom. The fourth-order valence-corrected chi connectivity index (χ4v) is 2.87. The summed E-state index contributed by atoms with van der Waals surface area (Å²) in [5, 5.41) is 11.9. The van der Waals surface area contributed by atoms with Crippen molar-refractivity contribution in [3.05, 3.63) is 18.2 Å². The molecule has 1 fully saturated rings. The molecule has 1 aliphatic carbocycles. The summed E-state index contributed by atoms with van der Waals surface area (Å²) in [7, 11) is 1.55. The highest BCUT2D eigenvalue weighted by Gasteiger charge is 2.29. The van der Waals surface area contributed by atoms with E-state index in [1.165, 1.54) is 0 Å². The largest absolute Gasteiger partial charge is 0.493 e. The molecule has 0 radical (unpaired) electrons. The van der Waals surface area contributed by atoms with E-state index in [2.05, 4.69) is 5.32 Å². The van der Waals surface area contributed by atoms with E-state index in [0.717, 1.165) is 0 Å². The summed E-state index contributed by atoms with van der Waals surface area (Å²) in [6.07, 6.45) is 2.33. The van der Waals surface area contributed by atoms with Crippen LogP contribution in [0.3, 0.4) is 0 Å². The molecule has 6 nitrogen and oxygen atoms in total. The first-order valence-electron chi connectivity index (χ1n) is 7.89. The molecule has 1 aliphatic rings. The van der Waals surface area contributed by atoms with Gasteiger partial charge in [0.1, 0.15) is 0 Å². The third-order valence-corrected chi connectivity index (χ3v) is 4.18. The summed E-state index contributed by atoms with van der Waals surface area (Å²) < 4.78 is 10.7. The lowest BCUT2D eigenvalue weighted by atomic mass is 9.81. The zero-order chi connectivity index (χ0) is 16.8. The Balaban J connectivity index is 1.96. The highest BCUT2D eigenvalue weighted by atomic mass is 16.5. The predicted octanol–water partition coefficient (Wildman–Crippen LogP) is 2.92. The molecule has 1 aromatic carbocycles. The molecule has 0 aromatic heterocycles. The summed E-state index contributed by atoms with van der Waals surface area (Å²) in [4.78, 5) is 23.3. The number of methoxy groups -OCH3 is 1. The number of hydrogen-bond acceptors (Lipinski definition) is 4. The van der Waals surface area contributed by atoms with Crippen molar-refractivity contribution in [3.8, 4) is 11.5 Å². The van der Waals surface area contributed by atoms with E-state index >= 15 is 0 Å². The molecule has 2 rings (SSSR count). The van der Waals surface area contributed by atoms with Crippen LogP contribution in [-0.2, 0) is 9.59 Å². The molecule has 0 saturated heterocycles. The van der Waals surface area contributed by atoms with Gasteiger partial charge in [-0.2, -0.15) is 0 Å². The van der Waals surface area contributed by atoms with Crippen LogP contribution in [0.1, 0.15) is 32.6 Å². The monoisotopic (exact) mass is 321 g/mol. The molecule has 0 unspecified atom stereocenters. The van der Waals surface area contributed by atoms with Gasteiger partial charge >= 0.3 is 5.97 Å². The number of nitrogens with one attached hydrogen (secondary N) is 1. The minimum atomic E-state index is -0.764. The van der Waals surface area contributed by atoms with Crippen molar-refractivity contribution in [3.63, 3.8) is 0 Å². The van der Waals surface area contributed by atoms with Crippen molar-refractivity contribution in [2.75, 3.05) is 19.0 Å². The van der Waals surface area contributed by atoms with E-state index < -0.39 is 5.97 Å². The third kappa shape index (κ3) is 4.37. The van der Waals surface area contributed by atoms with Gasteiger partial charge < -0.3 is 19.9 Å². The van der Waals surface area contributed by atoms with Gasteiger partial charge in [-0.15, -0.1) is 0 Å². The van der Waals surface area contributed by atoms with Gasteiger partial charge in [-0.3, -0.25) is 9.59 Å². The van der Waals surface area contributed by atoms with Crippen LogP contribution in [0.25, 0.3) is 0 Å². The molecule has 1 saturated carbocycles. The molecule has 0 heterocycles. The lowest BCUT2D eigenvalue weighted by molar-refractivity contribution is -0.143. The van der Waals surface area contributed by atoms with E-state index in [0.29, 0.717) is 49.5 Å². The number of aliphatic carboxylic acids is 1. The molecule has 0 atom stereocenters. The van der Waals surface area contributed by atoms with Crippen molar-refractivity contribution in [2.45, 2.75) is 32.6 Å². The van der Waals surface area contributed by atoms with E-state index in [-0.39, 0.29) is 17.7 Å². The number of carboxylic acid groups (broad SMARTS) is 1. The lowest BCUT2D eigenvalue weighted by Gasteiger charge is -2.25. The van der Waals surface area contributed by atoms with Crippen LogP contribution < -0.4 is 14.8 Å². The number of benzene rings is 1. The van der Waals surface area contributed by atoms with E-state index in [9.17, 15) is 9.59 Å². The number of ether oxygens (including phenoxy) is 2. The van der Waals surface area contributed by atoms with Gasteiger partial charge in [0, 0.05) is 17.7 Å². The maximum atomic E-state index is 12.3. The molecule has 6 heteroatoms. The van der Waals surface area contributed by atoms with Gasteiger partial charge in [0.05, 0.1) is 19.6 Å². The van der Waals surface area contributed by atoms with Crippen LogP contribution in [-0.4, -0.2) is 30.7 Å². The molecule has 0 spiro atoms. The average molecular weight is 321 g/mol. The second-order valence-electron chi connectivity index (χ2n) is 5.67. The quantitative estimate of drug-likeness (QED) is 0.841. The van der Waals surface area contributed by atoms with Crippen LogP contribution in [0.4, 0.5) is 5.69 Å². The number of carboxylic acids is 1. The Morgan fingerprint density at radius 3 is 2.39 bits per heavy atom. The number of hydrogen-bond donors (Lipinski definition) is 2. The molecule has 126 valence electrons. The van der Waals surface area contributed by atoms with Crippen molar-refractivity contribution in [1.29, 1.82) is 0 Å². The van der Waals surface area contributed by atoms with Crippen LogP contribution in [0, 0.1) is 11.8 Å². The van der Waals surface area contributed by atoms with Crippen molar-refractivity contribution < 1.29 is 24.2 Å². The first-order chi connectivity index (χ1) is 11.0. The summed E-state index contributed by atoms with van der Waals surface area (Å²) in [5.41, 5.74) is 0.649. The number of carbonyl (C=O) groups excluding carboxylic acids is 1. The number of carbonyl (C=O) groups is 2. The van der Waals surface area contributed by atoms with E-state index in [4.69, 9.17) is 14.6 Å². The SMILES string of the molecule is CCOc1ccc(NC(=O)C2CCC(C(=O)O)CC2)cc1OC. The second kappa shape index (κ2) is 7.85. The fourth-order valence-electron chi connectivity index (χ4n) is 2.87. The molecule has 1 aromatic rings. The zero-order valence-electron chi connectivity index (χ0n) is 13.5. The summed E-state index contributed by atoms with van der Waals surface area (Å²) in [5.74, 6) is -0.0813. The Labute approximate surface area is 135 Å². The normalized spacial score (nSPS) is 20.6. The van der Waals surface area contributed by atoms with E-state index in [1.54, 1.807) is 25.3 Å². The molecular formula is C17H23NO5. The number of rotatable bonds is 6. The second-order valence-corrected chi connectivity index (χ2v) is 5.67. The topological polar surface area (TPSA) is 84.9 Å². The van der Waals surface area contributed by atoms with Gasteiger partial charge in [-0.25, -0.2) is 0 Å².